The normalized spacial score (nSPS) is 22.4. The average Bonchev–Trinajstić information content (AvgIpc) is 3.11. The molecule has 0 spiro atoms. The second kappa shape index (κ2) is 32.3. The van der Waals surface area contributed by atoms with Crippen molar-refractivity contribution < 1.29 is 39.8 Å². The van der Waals surface area contributed by atoms with Gasteiger partial charge in [0.15, 0.2) is 6.29 Å². The Labute approximate surface area is 305 Å². The Bertz CT molecular complexity index is 837. The zero-order valence-corrected chi connectivity index (χ0v) is 31.9. The number of carbonyl (C=O) groups excluding carboxylic acids is 1. The second-order valence-electron chi connectivity index (χ2n) is 14.4. The summed E-state index contributed by atoms with van der Waals surface area (Å²) >= 11 is 0. The van der Waals surface area contributed by atoms with Gasteiger partial charge < -0.3 is 40.3 Å². The number of rotatable bonds is 33. The summed E-state index contributed by atoms with van der Waals surface area (Å²) in [5, 5.41) is 53.8. The quantitative estimate of drug-likeness (QED) is 0.0302. The van der Waals surface area contributed by atoms with Gasteiger partial charge in [0.25, 0.3) is 0 Å². The van der Waals surface area contributed by atoms with Crippen LogP contribution in [0.3, 0.4) is 0 Å². The van der Waals surface area contributed by atoms with E-state index in [1.165, 1.54) is 116 Å². The molecule has 0 aromatic rings. The number of nitrogens with one attached hydrogen (secondary N) is 1. The van der Waals surface area contributed by atoms with Crippen LogP contribution in [-0.4, -0.2) is 87.5 Å². The summed E-state index contributed by atoms with van der Waals surface area (Å²) in [6.45, 7) is 3.69. The average molecular weight is 712 g/mol. The van der Waals surface area contributed by atoms with Gasteiger partial charge in [-0.05, 0) is 32.1 Å². The van der Waals surface area contributed by atoms with E-state index in [4.69, 9.17) is 9.47 Å². The molecule has 0 bridgehead atoms. The first-order valence-electron chi connectivity index (χ1n) is 20.6. The lowest BCUT2D eigenvalue weighted by molar-refractivity contribution is -0.302. The van der Waals surface area contributed by atoms with Crippen LogP contribution in [0.15, 0.2) is 24.3 Å². The molecule has 0 aromatic carbocycles. The van der Waals surface area contributed by atoms with Gasteiger partial charge in [0.05, 0.1) is 25.4 Å². The Balaban J connectivity index is 2.36. The minimum atomic E-state index is -1.57. The molecule has 7 unspecified atom stereocenters. The molecule has 1 fully saturated rings. The summed E-state index contributed by atoms with van der Waals surface area (Å²) in [5.74, 6) is -0.195. The van der Waals surface area contributed by atoms with Crippen LogP contribution < -0.4 is 5.32 Å². The van der Waals surface area contributed by atoms with E-state index in [1.807, 2.05) is 6.08 Å². The third-order valence-electron chi connectivity index (χ3n) is 9.78. The molecule has 7 atom stereocenters. The SMILES string of the molecule is CCCCCCCCCCCCCCCC/C=C/CC/C=C/C(O)C(COC1OC(CO)C(O)C(O)C1O)NC(=O)CCCCCCCCC. The minimum absolute atomic E-state index is 0.195. The van der Waals surface area contributed by atoms with E-state index in [-0.39, 0.29) is 12.5 Å². The molecule has 1 amide bonds. The number of hydrogen-bond donors (Lipinski definition) is 6. The van der Waals surface area contributed by atoms with Crippen LogP contribution in [0, 0.1) is 0 Å². The van der Waals surface area contributed by atoms with Crippen molar-refractivity contribution in [3.8, 4) is 0 Å². The number of aliphatic hydroxyl groups excluding tert-OH is 5. The van der Waals surface area contributed by atoms with Crippen LogP contribution in [0.4, 0.5) is 0 Å². The molecule has 50 heavy (non-hydrogen) atoms. The number of unbranched alkanes of at least 4 members (excludes halogenated alkanes) is 21. The van der Waals surface area contributed by atoms with Crippen molar-refractivity contribution in [2.75, 3.05) is 13.2 Å². The van der Waals surface area contributed by atoms with Gasteiger partial charge in [0.1, 0.15) is 24.4 Å². The Morgan fingerprint density at radius 1 is 0.660 bits per heavy atom. The van der Waals surface area contributed by atoms with E-state index < -0.39 is 49.5 Å². The fraction of sp³-hybridized carbons (Fsp3) is 0.878. The van der Waals surface area contributed by atoms with Crippen molar-refractivity contribution in [3.05, 3.63) is 24.3 Å². The van der Waals surface area contributed by atoms with E-state index in [1.54, 1.807) is 6.08 Å². The minimum Gasteiger partial charge on any atom is -0.394 e. The highest BCUT2D eigenvalue weighted by Crippen LogP contribution is 2.22. The summed E-state index contributed by atoms with van der Waals surface area (Å²) in [7, 11) is 0. The number of ether oxygens (including phenoxy) is 2. The molecule has 1 heterocycles. The number of amides is 1. The molecular formula is C41H77NO8. The molecule has 6 N–H and O–H groups in total. The highest BCUT2D eigenvalue weighted by Gasteiger charge is 2.44. The zero-order valence-electron chi connectivity index (χ0n) is 31.9. The van der Waals surface area contributed by atoms with Gasteiger partial charge in [-0.3, -0.25) is 4.79 Å². The summed E-state index contributed by atoms with van der Waals surface area (Å²) in [6.07, 6.45) is 29.6. The van der Waals surface area contributed by atoms with Gasteiger partial charge in [-0.2, -0.15) is 0 Å². The second-order valence-corrected chi connectivity index (χ2v) is 14.4. The van der Waals surface area contributed by atoms with Crippen molar-refractivity contribution in [1.29, 1.82) is 0 Å². The van der Waals surface area contributed by atoms with Gasteiger partial charge in [-0.25, -0.2) is 0 Å². The molecule has 1 rings (SSSR count). The maximum atomic E-state index is 12.8. The number of aliphatic hydroxyl groups is 5. The molecule has 1 aliphatic rings. The summed E-state index contributed by atoms with van der Waals surface area (Å²) in [5.41, 5.74) is 0. The van der Waals surface area contributed by atoms with Crippen LogP contribution in [-0.2, 0) is 14.3 Å². The van der Waals surface area contributed by atoms with Crippen LogP contribution >= 0.6 is 0 Å². The first kappa shape index (κ1) is 46.7. The van der Waals surface area contributed by atoms with Crippen LogP contribution in [0.2, 0.25) is 0 Å². The largest absolute Gasteiger partial charge is 0.394 e. The Kier molecular flexibility index (Phi) is 30.2. The van der Waals surface area contributed by atoms with Crippen molar-refractivity contribution >= 4 is 5.91 Å². The van der Waals surface area contributed by atoms with Gasteiger partial charge >= 0.3 is 0 Å². The molecule has 1 aliphatic heterocycles. The smallest absolute Gasteiger partial charge is 0.220 e. The molecule has 0 radical (unpaired) electrons. The number of hydrogen-bond acceptors (Lipinski definition) is 8. The van der Waals surface area contributed by atoms with Crippen molar-refractivity contribution in [2.24, 2.45) is 0 Å². The molecule has 294 valence electrons. The lowest BCUT2D eigenvalue weighted by atomic mass is 9.99. The van der Waals surface area contributed by atoms with E-state index in [2.05, 4.69) is 31.3 Å². The third-order valence-corrected chi connectivity index (χ3v) is 9.78. The van der Waals surface area contributed by atoms with E-state index >= 15 is 0 Å². The standard InChI is InChI=1S/C41H77NO8/c1-3-5-7-9-11-12-13-14-15-16-17-18-19-20-21-22-23-25-26-28-30-35(44)34(42-37(45)31-29-27-24-10-8-6-4-2)33-49-41-40(48)39(47)38(46)36(32-43)50-41/h22-23,28,30,34-36,38-41,43-44,46-48H,3-21,24-27,29,31-33H2,1-2H3,(H,42,45)/b23-22+,30-28+. The maximum Gasteiger partial charge on any atom is 0.220 e. The molecule has 0 aliphatic carbocycles. The monoisotopic (exact) mass is 712 g/mol. The maximum absolute atomic E-state index is 12.8. The first-order chi connectivity index (χ1) is 24.3. The van der Waals surface area contributed by atoms with Gasteiger partial charge in [-0.15, -0.1) is 0 Å². The summed E-state index contributed by atoms with van der Waals surface area (Å²) in [4.78, 5) is 12.8. The van der Waals surface area contributed by atoms with E-state index in [9.17, 15) is 30.3 Å². The molecule has 0 saturated carbocycles. The van der Waals surface area contributed by atoms with E-state index in [0.717, 1.165) is 38.5 Å². The topological polar surface area (TPSA) is 149 Å². The zero-order chi connectivity index (χ0) is 36.7. The van der Waals surface area contributed by atoms with Gasteiger partial charge in [-0.1, -0.05) is 160 Å². The Morgan fingerprint density at radius 3 is 1.68 bits per heavy atom. The summed E-state index contributed by atoms with van der Waals surface area (Å²) < 4.78 is 11.1. The number of allylic oxidation sites excluding steroid dienone is 3. The molecule has 1 saturated heterocycles. The predicted octanol–water partition coefficient (Wildman–Crippen LogP) is 7.55. The molecule has 0 aromatic heterocycles. The predicted molar refractivity (Wildman–Crippen MR) is 203 cm³/mol. The van der Waals surface area contributed by atoms with Crippen molar-refractivity contribution in [2.45, 2.75) is 217 Å². The molecule has 9 nitrogen and oxygen atoms in total. The van der Waals surface area contributed by atoms with Gasteiger partial charge in [0, 0.05) is 6.42 Å². The fourth-order valence-corrected chi connectivity index (χ4v) is 6.41. The van der Waals surface area contributed by atoms with Gasteiger partial charge in [0.2, 0.25) is 5.91 Å². The molecular weight excluding hydrogens is 634 g/mol. The van der Waals surface area contributed by atoms with Crippen LogP contribution in [0.25, 0.3) is 0 Å². The van der Waals surface area contributed by atoms with Crippen molar-refractivity contribution in [1.82, 2.24) is 5.32 Å². The highest BCUT2D eigenvalue weighted by molar-refractivity contribution is 5.76. The highest BCUT2D eigenvalue weighted by atomic mass is 16.7. The summed E-state index contributed by atoms with van der Waals surface area (Å²) in [6, 6.07) is -0.813. The number of carbonyl (C=O) groups is 1. The lowest BCUT2D eigenvalue weighted by Crippen LogP contribution is -2.60. The van der Waals surface area contributed by atoms with Crippen LogP contribution in [0.5, 0.6) is 0 Å². The molecule has 9 heteroatoms. The third kappa shape index (κ3) is 23.3. The van der Waals surface area contributed by atoms with E-state index in [0.29, 0.717) is 6.42 Å². The first-order valence-corrected chi connectivity index (χ1v) is 20.6. The lowest BCUT2D eigenvalue weighted by Gasteiger charge is -2.40. The van der Waals surface area contributed by atoms with Crippen molar-refractivity contribution in [3.63, 3.8) is 0 Å². The Morgan fingerprint density at radius 2 is 1.14 bits per heavy atom. The van der Waals surface area contributed by atoms with Crippen LogP contribution in [0.1, 0.15) is 174 Å². The Hall–Kier alpha value is -1.33. The fourth-order valence-electron chi connectivity index (χ4n) is 6.41.